The van der Waals surface area contributed by atoms with Crippen LogP contribution in [0.25, 0.3) is 0 Å². The highest BCUT2D eigenvalue weighted by Gasteiger charge is 2.36. The van der Waals surface area contributed by atoms with Crippen molar-refractivity contribution in [1.82, 2.24) is 9.80 Å². The highest BCUT2D eigenvalue weighted by atomic mass is 16.2. The maximum atomic E-state index is 12.3. The molecule has 3 unspecified atom stereocenters. The highest BCUT2D eigenvalue weighted by molar-refractivity contribution is 5.81. The van der Waals surface area contributed by atoms with E-state index in [-0.39, 0.29) is 11.9 Å². The van der Waals surface area contributed by atoms with Gasteiger partial charge >= 0.3 is 0 Å². The van der Waals surface area contributed by atoms with Crippen LogP contribution in [0.1, 0.15) is 45.4 Å². The van der Waals surface area contributed by atoms with Gasteiger partial charge in [-0.15, -0.1) is 0 Å². The van der Waals surface area contributed by atoms with Crippen molar-refractivity contribution >= 4 is 5.91 Å². The summed E-state index contributed by atoms with van der Waals surface area (Å²) >= 11 is 0. The van der Waals surface area contributed by atoms with E-state index in [1.807, 2.05) is 4.90 Å². The molecule has 0 aromatic carbocycles. The fraction of sp³-hybridized carbons (Fsp3) is 0.933. The Morgan fingerprint density at radius 2 is 2.16 bits per heavy atom. The van der Waals surface area contributed by atoms with Crippen molar-refractivity contribution < 1.29 is 4.79 Å². The number of hydrogen-bond donors (Lipinski definition) is 1. The predicted octanol–water partition coefficient (Wildman–Crippen LogP) is 1.45. The van der Waals surface area contributed by atoms with E-state index in [1.54, 1.807) is 0 Å². The Kier molecular flexibility index (Phi) is 5.22. The predicted molar refractivity (Wildman–Crippen MR) is 77.8 cm³/mol. The summed E-state index contributed by atoms with van der Waals surface area (Å²) < 4.78 is 0. The number of amides is 1. The topological polar surface area (TPSA) is 49.6 Å². The fourth-order valence-electron chi connectivity index (χ4n) is 3.63. The number of carbonyl (C=O) groups excluding carboxylic acids is 1. The number of nitrogens with zero attached hydrogens (tertiary/aromatic N) is 2. The quantitative estimate of drug-likeness (QED) is 0.838. The molecule has 0 saturated carbocycles. The smallest absolute Gasteiger partial charge is 0.239 e. The molecule has 2 saturated heterocycles. The lowest BCUT2D eigenvalue weighted by Gasteiger charge is -2.46. The first-order chi connectivity index (χ1) is 9.13. The summed E-state index contributed by atoms with van der Waals surface area (Å²) in [7, 11) is 2.22. The molecule has 0 aliphatic carbocycles. The second kappa shape index (κ2) is 6.71. The molecule has 0 aromatic heterocycles. The number of fused-ring (bicyclic) bond motifs is 1. The van der Waals surface area contributed by atoms with Crippen molar-refractivity contribution in [2.45, 2.75) is 57.5 Å². The molecular weight excluding hydrogens is 238 g/mol. The van der Waals surface area contributed by atoms with Gasteiger partial charge in [-0.3, -0.25) is 4.79 Å². The third-order valence-corrected chi connectivity index (χ3v) is 4.84. The molecule has 1 amide bonds. The summed E-state index contributed by atoms with van der Waals surface area (Å²) in [5.41, 5.74) is 6.03. The average Bonchev–Trinajstić information content (AvgIpc) is 2.43. The van der Waals surface area contributed by atoms with Crippen LogP contribution in [0.5, 0.6) is 0 Å². The number of likely N-dealkylation sites (tertiary alicyclic amines) is 2. The molecule has 4 nitrogen and oxygen atoms in total. The number of hydrogen-bond acceptors (Lipinski definition) is 3. The molecule has 2 heterocycles. The molecule has 2 aliphatic rings. The van der Waals surface area contributed by atoms with Gasteiger partial charge in [0.05, 0.1) is 6.04 Å². The lowest BCUT2D eigenvalue weighted by atomic mass is 9.84. The third kappa shape index (κ3) is 3.48. The van der Waals surface area contributed by atoms with Crippen molar-refractivity contribution in [2.24, 2.45) is 11.7 Å². The average molecular weight is 267 g/mol. The summed E-state index contributed by atoms with van der Waals surface area (Å²) in [5, 5.41) is 0. The van der Waals surface area contributed by atoms with Gasteiger partial charge in [0.1, 0.15) is 0 Å². The summed E-state index contributed by atoms with van der Waals surface area (Å²) in [6.07, 6.45) is 6.64. The Bertz CT molecular complexity index is 308. The monoisotopic (exact) mass is 267 g/mol. The zero-order valence-electron chi connectivity index (χ0n) is 12.5. The van der Waals surface area contributed by atoms with E-state index in [1.165, 1.54) is 19.4 Å². The number of piperidine rings is 2. The molecule has 3 atom stereocenters. The van der Waals surface area contributed by atoms with Gasteiger partial charge in [-0.1, -0.05) is 19.8 Å². The number of unbranched alkanes of at least 4 members (excludes halogenated alkanes) is 1. The fourth-order valence-corrected chi connectivity index (χ4v) is 3.63. The third-order valence-electron chi connectivity index (χ3n) is 4.84. The molecule has 2 rings (SSSR count). The standard InChI is InChI=1S/C15H29N3O/c1-3-4-7-13(16)15(19)18-10-8-14-12(11-18)6-5-9-17(14)2/h12-14H,3-11,16H2,1-2H3. The van der Waals surface area contributed by atoms with Crippen LogP contribution >= 0.6 is 0 Å². The molecular formula is C15H29N3O. The van der Waals surface area contributed by atoms with E-state index in [9.17, 15) is 4.79 Å². The highest BCUT2D eigenvalue weighted by Crippen LogP contribution is 2.29. The maximum absolute atomic E-state index is 12.3. The van der Waals surface area contributed by atoms with Crippen LogP contribution in [0.15, 0.2) is 0 Å². The Morgan fingerprint density at radius 3 is 2.89 bits per heavy atom. The zero-order valence-corrected chi connectivity index (χ0v) is 12.5. The minimum atomic E-state index is -0.280. The van der Waals surface area contributed by atoms with Crippen LogP contribution in [0, 0.1) is 5.92 Å². The van der Waals surface area contributed by atoms with Crippen LogP contribution in [0.4, 0.5) is 0 Å². The van der Waals surface area contributed by atoms with Crippen molar-refractivity contribution in [2.75, 3.05) is 26.7 Å². The molecule has 0 aromatic rings. The molecule has 2 aliphatic heterocycles. The second-order valence-electron chi connectivity index (χ2n) is 6.27. The molecule has 19 heavy (non-hydrogen) atoms. The molecule has 4 heteroatoms. The molecule has 0 radical (unpaired) electrons. The first-order valence-corrected chi connectivity index (χ1v) is 7.88. The number of nitrogens with two attached hydrogens (primary N) is 1. The normalized spacial score (nSPS) is 29.9. The summed E-state index contributed by atoms with van der Waals surface area (Å²) in [6, 6.07) is 0.405. The van der Waals surface area contributed by atoms with Crippen LogP contribution in [0.3, 0.4) is 0 Å². The molecule has 0 spiro atoms. The SMILES string of the molecule is CCCCC(N)C(=O)N1CCC2C(CCCN2C)C1. The first kappa shape index (κ1) is 14.8. The van der Waals surface area contributed by atoms with E-state index in [2.05, 4.69) is 18.9 Å². The van der Waals surface area contributed by atoms with Crippen LogP contribution < -0.4 is 5.73 Å². The van der Waals surface area contributed by atoms with Gasteiger partial charge < -0.3 is 15.5 Å². The largest absolute Gasteiger partial charge is 0.341 e. The lowest BCUT2D eigenvalue weighted by molar-refractivity contribution is -0.136. The van der Waals surface area contributed by atoms with Crippen molar-refractivity contribution in [3.63, 3.8) is 0 Å². The Balaban J connectivity index is 1.87. The van der Waals surface area contributed by atoms with E-state index in [4.69, 9.17) is 5.73 Å². The second-order valence-corrected chi connectivity index (χ2v) is 6.27. The van der Waals surface area contributed by atoms with Crippen LogP contribution in [-0.4, -0.2) is 54.5 Å². The van der Waals surface area contributed by atoms with Gasteiger partial charge in [-0.05, 0) is 45.2 Å². The van der Waals surface area contributed by atoms with Crippen LogP contribution in [-0.2, 0) is 4.79 Å². The van der Waals surface area contributed by atoms with Crippen molar-refractivity contribution in [1.29, 1.82) is 0 Å². The minimum absolute atomic E-state index is 0.181. The van der Waals surface area contributed by atoms with Crippen molar-refractivity contribution in [3.8, 4) is 0 Å². The first-order valence-electron chi connectivity index (χ1n) is 7.88. The summed E-state index contributed by atoms with van der Waals surface area (Å²) in [6.45, 7) is 5.17. The molecule has 2 N–H and O–H groups in total. The van der Waals surface area contributed by atoms with Gasteiger partial charge in [0.2, 0.25) is 5.91 Å². The maximum Gasteiger partial charge on any atom is 0.239 e. The summed E-state index contributed by atoms with van der Waals surface area (Å²) in [5.74, 6) is 0.843. The summed E-state index contributed by atoms with van der Waals surface area (Å²) in [4.78, 5) is 16.9. The lowest BCUT2D eigenvalue weighted by Crippen LogP contribution is -2.56. The van der Waals surface area contributed by atoms with Gasteiger partial charge in [-0.25, -0.2) is 0 Å². The minimum Gasteiger partial charge on any atom is -0.341 e. The van der Waals surface area contributed by atoms with E-state index in [0.29, 0.717) is 12.0 Å². The zero-order chi connectivity index (χ0) is 13.8. The van der Waals surface area contributed by atoms with Gasteiger partial charge in [0.25, 0.3) is 0 Å². The van der Waals surface area contributed by atoms with Gasteiger partial charge in [0.15, 0.2) is 0 Å². The Labute approximate surface area is 117 Å². The van der Waals surface area contributed by atoms with Gasteiger partial charge in [-0.2, -0.15) is 0 Å². The number of carbonyl (C=O) groups is 1. The molecule has 0 bridgehead atoms. The number of rotatable bonds is 4. The molecule has 110 valence electrons. The molecule has 2 fully saturated rings. The Hall–Kier alpha value is -0.610. The van der Waals surface area contributed by atoms with Gasteiger partial charge in [0, 0.05) is 19.1 Å². The van der Waals surface area contributed by atoms with E-state index in [0.717, 1.165) is 38.8 Å². The van der Waals surface area contributed by atoms with Crippen LogP contribution in [0.2, 0.25) is 0 Å². The van der Waals surface area contributed by atoms with Crippen molar-refractivity contribution in [3.05, 3.63) is 0 Å². The van der Waals surface area contributed by atoms with E-state index < -0.39 is 0 Å². The van der Waals surface area contributed by atoms with E-state index >= 15 is 0 Å². The Morgan fingerprint density at radius 1 is 1.37 bits per heavy atom.